The van der Waals surface area contributed by atoms with Gasteiger partial charge in [0.2, 0.25) is 0 Å². The van der Waals surface area contributed by atoms with Gasteiger partial charge in [0.15, 0.2) is 18.1 Å². The number of nitrogens with one attached hydrogen (secondary N) is 1. The topological polar surface area (TPSA) is 56.8 Å². The van der Waals surface area contributed by atoms with Crippen LogP contribution in [0.4, 0.5) is 0 Å². The Bertz CT molecular complexity index is 768. The van der Waals surface area contributed by atoms with Gasteiger partial charge in [-0.15, -0.1) is 0 Å². The van der Waals surface area contributed by atoms with Gasteiger partial charge in [-0.1, -0.05) is 37.3 Å². The highest BCUT2D eigenvalue weighted by Crippen LogP contribution is 2.28. The number of benzene rings is 2. The lowest BCUT2D eigenvalue weighted by Gasteiger charge is -2.18. The van der Waals surface area contributed by atoms with E-state index in [2.05, 4.69) is 5.32 Å². The lowest BCUT2D eigenvalue weighted by Crippen LogP contribution is -2.32. The summed E-state index contributed by atoms with van der Waals surface area (Å²) in [7, 11) is 3.21. The molecule has 2 aromatic carbocycles. The largest absolute Gasteiger partial charge is 0.497 e. The highest BCUT2D eigenvalue weighted by atomic mass is 16.5. The van der Waals surface area contributed by atoms with Gasteiger partial charge >= 0.3 is 0 Å². The van der Waals surface area contributed by atoms with Crippen molar-refractivity contribution in [3.8, 4) is 17.2 Å². The molecular weight excluding hydrogens is 342 g/mol. The van der Waals surface area contributed by atoms with Crippen molar-refractivity contribution >= 4 is 12.0 Å². The monoisotopic (exact) mass is 369 g/mol. The lowest BCUT2D eigenvalue weighted by molar-refractivity contribution is -0.123. The number of methoxy groups -OCH3 is 2. The number of hydrogen-bond donors (Lipinski definition) is 1. The van der Waals surface area contributed by atoms with E-state index >= 15 is 0 Å². The Kier molecular flexibility index (Phi) is 7.74. The van der Waals surface area contributed by atoms with Crippen molar-refractivity contribution in [1.29, 1.82) is 0 Å². The minimum atomic E-state index is -0.183. The standard InChI is InChI=1S/C22H27NO4/c1-5-7-16-8-13-20(21(14-16)26-4)27-15-22(24)23-19(6-2)17-9-11-18(25-3)12-10-17/h5,7-14,19H,6,15H2,1-4H3,(H,23,24)/b7-5+. The van der Waals surface area contributed by atoms with Crippen molar-refractivity contribution in [2.75, 3.05) is 20.8 Å². The maximum absolute atomic E-state index is 12.3. The van der Waals surface area contributed by atoms with Crippen LogP contribution in [0.5, 0.6) is 17.2 Å². The van der Waals surface area contributed by atoms with Gasteiger partial charge in [0.25, 0.3) is 5.91 Å². The zero-order valence-electron chi connectivity index (χ0n) is 16.3. The third-order valence-electron chi connectivity index (χ3n) is 4.17. The Balaban J connectivity index is 1.98. The molecule has 0 aromatic heterocycles. The Morgan fingerprint density at radius 3 is 2.41 bits per heavy atom. The smallest absolute Gasteiger partial charge is 0.258 e. The molecule has 1 amide bonds. The first-order valence-electron chi connectivity index (χ1n) is 8.98. The minimum absolute atomic E-state index is 0.0774. The van der Waals surface area contributed by atoms with Crippen LogP contribution in [0.2, 0.25) is 0 Å². The summed E-state index contributed by atoms with van der Waals surface area (Å²) in [4.78, 5) is 12.3. The van der Waals surface area contributed by atoms with Crippen LogP contribution in [-0.4, -0.2) is 26.7 Å². The molecule has 144 valence electrons. The molecule has 0 radical (unpaired) electrons. The van der Waals surface area contributed by atoms with Gasteiger partial charge in [0, 0.05) is 0 Å². The fraction of sp³-hybridized carbons (Fsp3) is 0.318. The third-order valence-corrected chi connectivity index (χ3v) is 4.17. The third kappa shape index (κ3) is 5.78. The van der Waals surface area contributed by atoms with Crippen molar-refractivity contribution in [1.82, 2.24) is 5.32 Å². The van der Waals surface area contributed by atoms with Gasteiger partial charge in [-0.3, -0.25) is 4.79 Å². The summed E-state index contributed by atoms with van der Waals surface area (Å²) in [5.41, 5.74) is 2.04. The molecule has 5 heteroatoms. The van der Waals surface area contributed by atoms with E-state index in [1.165, 1.54) is 0 Å². The zero-order chi connectivity index (χ0) is 19.6. The highest BCUT2D eigenvalue weighted by Gasteiger charge is 2.14. The van der Waals surface area contributed by atoms with E-state index in [0.29, 0.717) is 11.5 Å². The van der Waals surface area contributed by atoms with E-state index in [1.54, 1.807) is 14.2 Å². The normalized spacial score (nSPS) is 11.9. The van der Waals surface area contributed by atoms with E-state index in [0.717, 1.165) is 23.3 Å². The van der Waals surface area contributed by atoms with Crippen molar-refractivity contribution in [3.05, 3.63) is 59.7 Å². The molecule has 0 saturated heterocycles. The first-order valence-corrected chi connectivity index (χ1v) is 8.98. The molecule has 1 N–H and O–H groups in total. The van der Waals surface area contributed by atoms with Crippen molar-refractivity contribution < 1.29 is 19.0 Å². The summed E-state index contributed by atoms with van der Waals surface area (Å²) in [6, 6.07) is 13.2. The summed E-state index contributed by atoms with van der Waals surface area (Å²) in [5.74, 6) is 1.74. The van der Waals surface area contributed by atoms with Crippen molar-refractivity contribution in [3.63, 3.8) is 0 Å². The van der Waals surface area contributed by atoms with Gasteiger partial charge in [0.1, 0.15) is 5.75 Å². The second-order valence-electron chi connectivity index (χ2n) is 6.00. The fourth-order valence-corrected chi connectivity index (χ4v) is 2.74. The van der Waals surface area contributed by atoms with Crippen LogP contribution in [0, 0.1) is 0 Å². The van der Waals surface area contributed by atoms with Crippen molar-refractivity contribution in [2.24, 2.45) is 0 Å². The number of carbonyl (C=O) groups is 1. The second kappa shape index (κ2) is 10.3. The van der Waals surface area contributed by atoms with Crippen LogP contribution in [0.15, 0.2) is 48.5 Å². The molecule has 0 spiro atoms. The summed E-state index contributed by atoms with van der Waals surface area (Å²) in [6.45, 7) is 3.90. The van der Waals surface area contributed by atoms with E-state index in [9.17, 15) is 4.79 Å². The molecule has 0 aliphatic heterocycles. The van der Waals surface area contributed by atoms with E-state index < -0.39 is 0 Å². The summed E-state index contributed by atoms with van der Waals surface area (Å²) in [6.07, 6.45) is 4.70. The SMILES string of the molecule is C/C=C/c1ccc(OCC(=O)NC(CC)c2ccc(OC)cc2)c(OC)c1. The summed E-state index contributed by atoms with van der Waals surface area (Å²) < 4.78 is 16.2. The number of allylic oxidation sites excluding steroid dienone is 1. The zero-order valence-corrected chi connectivity index (χ0v) is 16.3. The molecule has 2 aromatic rings. The second-order valence-corrected chi connectivity index (χ2v) is 6.00. The number of ether oxygens (including phenoxy) is 3. The first-order chi connectivity index (χ1) is 13.1. The number of hydrogen-bond acceptors (Lipinski definition) is 4. The van der Waals surface area contributed by atoms with E-state index in [-0.39, 0.29) is 18.6 Å². The number of rotatable bonds is 9. The highest BCUT2D eigenvalue weighted by molar-refractivity contribution is 5.78. The lowest BCUT2D eigenvalue weighted by atomic mass is 10.0. The Labute approximate surface area is 161 Å². The first kappa shape index (κ1) is 20.4. The predicted octanol–water partition coefficient (Wildman–Crippen LogP) is 4.38. The van der Waals surface area contributed by atoms with Gasteiger partial charge in [-0.05, 0) is 48.7 Å². The molecule has 1 unspecified atom stereocenters. The Hall–Kier alpha value is -2.95. The van der Waals surface area contributed by atoms with Crippen molar-refractivity contribution in [2.45, 2.75) is 26.3 Å². The maximum atomic E-state index is 12.3. The van der Waals surface area contributed by atoms with E-state index in [4.69, 9.17) is 14.2 Å². The average Bonchev–Trinajstić information content (AvgIpc) is 2.71. The van der Waals surface area contributed by atoms with Crippen LogP contribution in [0.25, 0.3) is 6.08 Å². The van der Waals surface area contributed by atoms with E-state index in [1.807, 2.05) is 68.5 Å². The average molecular weight is 369 g/mol. The van der Waals surface area contributed by atoms with Gasteiger partial charge in [-0.25, -0.2) is 0 Å². The molecule has 27 heavy (non-hydrogen) atoms. The molecule has 0 fully saturated rings. The molecule has 0 heterocycles. The van der Waals surface area contributed by atoms with Crippen LogP contribution >= 0.6 is 0 Å². The molecule has 0 aliphatic rings. The molecule has 5 nitrogen and oxygen atoms in total. The predicted molar refractivity (Wildman–Crippen MR) is 107 cm³/mol. The summed E-state index contributed by atoms with van der Waals surface area (Å²) in [5, 5.41) is 3.00. The Morgan fingerprint density at radius 2 is 1.81 bits per heavy atom. The van der Waals surface area contributed by atoms with Crippen LogP contribution in [-0.2, 0) is 4.79 Å². The molecular formula is C22H27NO4. The molecule has 1 atom stereocenters. The Morgan fingerprint density at radius 1 is 1.07 bits per heavy atom. The summed E-state index contributed by atoms with van der Waals surface area (Å²) >= 11 is 0. The molecule has 0 bridgehead atoms. The van der Waals surface area contributed by atoms with Crippen LogP contribution < -0.4 is 19.5 Å². The number of amides is 1. The quantitative estimate of drug-likeness (QED) is 0.712. The molecule has 0 aliphatic carbocycles. The van der Waals surface area contributed by atoms with Crippen LogP contribution in [0.3, 0.4) is 0 Å². The van der Waals surface area contributed by atoms with Gasteiger partial charge < -0.3 is 19.5 Å². The molecule has 2 rings (SSSR count). The van der Waals surface area contributed by atoms with Gasteiger partial charge in [0.05, 0.1) is 20.3 Å². The number of carbonyl (C=O) groups excluding carboxylic acids is 1. The fourth-order valence-electron chi connectivity index (χ4n) is 2.74. The van der Waals surface area contributed by atoms with Gasteiger partial charge in [-0.2, -0.15) is 0 Å². The van der Waals surface area contributed by atoms with Crippen LogP contribution in [0.1, 0.15) is 37.4 Å². The minimum Gasteiger partial charge on any atom is -0.497 e. The molecule has 0 saturated carbocycles. The maximum Gasteiger partial charge on any atom is 0.258 e.